The van der Waals surface area contributed by atoms with Gasteiger partial charge in [0.2, 0.25) is 0 Å². The summed E-state index contributed by atoms with van der Waals surface area (Å²) in [6.07, 6.45) is 7.19. The lowest BCUT2D eigenvalue weighted by Gasteiger charge is -2.22. The van der Waals surface area contributed by atoms with Crippen LogP contribution in [0.5, 0.6) is 0 Å². The second kappa shape index (κ2) is 8.42. The number of aromatic nitrogens is 3. The Labute approximate surface area is 186 Å². The first-order valence-electron chi connectivity index (χ1n) is 11.1. The van der Waals surface area contributed by atoms with Gasteiger partial charge in [-0.15, -0.1) is 0 Å². The Kier molecular flexibility index (Phi) is 5.31. The summed E-state index contributed by atoms with van der Waals surface area (Å²) in [6, 6.07) is 15.8. The predicted octanol–water partition coefficient (Wildman–Crippen LogP) is 4.42. The number of nitrogen functional groups attached to an aromatic ring is 1. The second-order valence-electron chi connectivity index (χ2n) is 8.42. The van der Waals surface area contributed by atoms with Crippen molar-refractivity contribution in [2.45, 2.75) is 45.1 Å². The molecule has 0 aliphatic heterocycles. The van der Waals surface area contributed by atoms with Crippen molar-refractivity contribution in [2.75, 3.05) is 5.73 Å². The molecule has 2 aromatic carbocycles. The van der Waals surface area contributed by atoms with Crippen LogP contribution < -0.4 is 11.1 Å². The first-order valence-corrected chi connectivity index (χ1v) is 11.1. The average molecular weight is 427 g/mol. The number of nitrogens with two attached hydrogens (primary N) is 1. The molecule has 0 bridgehead atoms. The van der Waals surface area contributed by atoms with Crippen molar-refractivity contribution in [3.8, 4) is 0 Å². The molecule has 2 aromatic heterocycles. The SMILES string of the molecule is Cc1cccc(/C=N\n2c(N)c(C(=O)NC3CCCCC3)c3nc4ccccc4nc32)c1. The molecule has 4 aromatic rings. The average Bonchev–Trinajstić information content (AvgIpc) is 3.07. The third kappa shape index (κ3) is 3.82. The zero-order chi connectivity index (χ0) is 22.1. The summed E-state index contributed by atoms with van der Waals surface area (Å²) in [6.45, 7) is 2.03. The fourth-order valence-corrected chi connectivity index (χ4v) is 4.37. The Morgan fingerprint density at radius 2 is 1.84 bits per heavy atom. The van der Waals surface area contributed by atoms with Crippen LogP contribution in [-0.2, 0) is 0 Å². The number of para-hydroxylation sites is 2. The summed E-state index contributed by atoms with van der Waals surface area (Å²) in [5.41, 5.74) is 11.3. The van der Waals surface area contributed by atoms with Crippen molar-refractivity contribution >= 4 is 40.1 Å². The molecular formula is C25H26N6O. The molecule has 162 valence electrons. The fraction of sp³-hybridized carbons (Fsp3) is 0.280. The molecule has 0 unspecified atom stereocenters. The molecule has 1 aliphatic rings. The van der Waals surface area contributed by atoms with Gasteiger partial charge in [0.1, 0.15) is 16.9 Å². The van der Waals surface area contributed by atoms with Crippen LogP contribution in [0, 0.1) is 6.92 Å². The smallest absolute Gasteiger partial charge is 0.257 e. The molecule has 32 heavy (non-hydrogen) atoms. The van der Waals surface area contributed by atoms with Crippen molar-refractivity contribution in [3.63, 3.8) is 0 Å². The lowest BCUT2D eigenvalue weighted by molar-refractivity contribution is 0.0930. The summed E-state index contributed by atoms with van der Waals surface area (Å²) in [4.78, 5) is 22.8. The molecule has 0 spiro atoms. The molecule has 1 amide bonds. The van der Waals surface area contributed by atoms with E-state index in [9.17, 15) is 4.79 Å². The fourth-order valence-electron chi connectivity index (χ4n) is 4.37. The van der Waals surface area contributed by atoms with E-state index in [0.717, 1.165) is 42.3 Å². The molecule has 5 rings (SSSR count). The normalized spacial score (nSPS) is 15.0. The Morgan fingerprint density at radius 3 is 2.59 bits per heavy atom. The van der Waals surface area contributed by atoms with E-state index < -0.39 is 0 Å². The largest absolute Gasteiger partial charge is 0.383 e. The Balaban J connectivity index is 1.62. The molecular weight excluding hydrogens is 400 g/mol. The van der Waals surface area contributed by atoms with E-state index in [1.165, 1.54) is 11.1 Å². The van der Waals surface area contributed by atoms with Crippen LogP contribution in [0.3, 0.4) is 0 Å². The van der Waals surface area contributed by atoms with E-state index in [1.54, 1.807) is 6.21 Å². The Hall–Kier alpha value is -3.74. The van der Waals surface area contributed by atoms with E-state index in [-0.39, 0.29) is 17.8 Å². The lowest BCUT2D eigenvalue weighted by atomic mass is 9.95. The Morgan fingerprint density at radius 1 is 1.09 bits per heavy atom. The quantitative estimate of drug-likeness (QED) is 0.472. The number of amides is 1. The van der Waals surface area contributed by atoms with Crippen LogP contribution in [0.1, 0.15) is 53.6 Å². The number of benzene rings is 2. The Bertz CT molecular complexity index is 1330. The third-order valence-electron chi connectivity index (χ3n) is 6.01. The van der Waals surface area contributed by atoms with Gasteiger partial charge in [-0.25, -0.2) is 9.97 Å². The van der Waals surface area contributed by atoms with Gasteiger partial charge in [-0.2, -0.15) is 9.78 Å². The minimum Gasteiger partial charge on any atom is -0.383 e. The van der Waals surface area contributed by atoms with E-state index in [2.05, 4.69) is 10.4 Å². The van der Waals surface area contributed by atoms with E-state index in [1.807, 2.05) is 55.5 Å². The second-order valence-corrected chi connectivity index (χ2v) is 8.42. The zero-order valence-corrected chi connectivity index (χ0v) is 18.1. The maximum absolute atomic E-state index is 13.3. The van der Waals surface area contributed by atoms with E-state index in [0.29, 0.717) is 22.2 Å². The summed E-state index contributed by atoms with van der Waals surface area (Å²) >= 11 is 0. The summed E-state index contributed by atoms with van der Waals surface area (Å²) in [5, 5.41) is 7.74. The molecule has 0 atom stereocenters. The van der Waals surface area contributed by atoms with Crippen molar-refractivity contribution in [2.24, 2.45) is 5.10 Å². The molecule has 0 radical (unpaired) electrons. The lowest BCUT2D eigenvalue weighted by Crippen LogP contribution is -2.36. The number of hydrogen-bond donors (Lipinski definition) is 2. The van der Waals surface area contributed by atoms with Crippen LogP contribution >= 0.6 is 0 Å². The summed E-state index contributed by atoms with van der Waals surface area (Å²) < 4.78 is 1.52. The maximum atomic E-state index is 13.3. The first-order chi connectivity index (χ1) is 15.6. The van der Waals surface area contributed by atoms with Crippen LogP contribution in [0.4, 0.5) is 5.82 Å². The summed E-state index contributed by atoms with van der Waals surface area (Å²) in [5.74, 6) is 0.0287. The highest BCUT2D eigenvalue weighted by molar-refractivity contribution is 6.10. The van der Waals surface area contributed by atoms with Gasteiger partial charge in [-0.1, -0.05) is 61.2 Å². The molecule has 1 aliphatic carbocycles. The minimum absolute atomic E-state index is 0.165. The molecule has 1 saturated carbocycles. The van der Waals surface area contributed by atoms with Gasteiger partial charge in [-0.3, -0.25) is 4.79 Å². The molecule has 7 heteroatoms. The van der Waals surface area contributed by atoms with Crippen molar-refractivity contribution < 1.29 is 4.79 Å². The van der Waals surface area contributed by atoms with Gasteiger partial charge in [0, 0.05) is 6.04 Å². The molecule has 7 nitrogen and oxygen atoms in total. The minimum atomic E-state index is -0.214. The highest BCUT2D eigenvalue weighted by Crippen LogP contribution is 2.28. The van der Waals surface area contributed by atoms with Gasteiger partial charge in [0.05, 0.1) is 17.2 Å². The van der Waals surface area contributed by atoms with Gasteiger partial charge in [0.15, 0.2) is 5.65 Å². The standard InChI is InChI=1S/C25H26N6O/c1-16-8-7-9-17(14-16)15-27-31-23(26)21(25(32)28-18-10-3-2-4-11-18)22-24(31)30-20-13-6-5-12-19(20)29-22/h5-9,12-15,18H,2-4,10-11,26H2,1H3,(H,28,32)/b27-15-. The van der Waals surface area contributed by atoms with Crippen molar-refractivity contribution in [1.82, 2.24) is 20.0 Å². The van der Waals surface area contributed by atoms with E-state index >= 15 is 0 Å². The number of carbonyl (C=O) groups is 1. The van der Waals surface area contributed by atoms with Crippen LogP contribution in [-0.4, -0.2) is 32.8 Å². The van der Waals surface area contributed by atoms with Gasteiger partial charge in [0.25, 0.3) is 5.91 Å². The molecule has 0 saturated heterocycles. The zero-order valence-electron chi connectivity index (χ0n) is 18.1. The van der Waals surface area contributed by atoms with Crippen molar-refractivity contribution in [3.05, 3.63) is 65.2 Å². The molecule has 2 heterocycles. The van der Waals surface area contributed by atoms with Crippen LogP contribution in [0.25, 0.3) is 22.2 Å². The topological polar surface area (TPSA) is 98.2 Å². The first kappa shape index (κ1) is 20.2. The summed E-state index contributed by atoms with van der Waals surface area (Å²) in [7, 11) is 0. The number of hydrogen-bond acceptors (Lipinski definition) is 5. The number of nitrogens with one attached hydrogen (secondary N) is 1. The number of carbonyl (C=O) groups excluding carboxylic acids is 1. The van der Waals surface area contributed by atoms with E-state index in [4.69, 9.17) is 15.7 Å². The highest BCUT2D eigenvalue weighted by Gasteiger charge is 2.26. The number of nitrogens with zero attached hydrogens (tertiary/aromatic N) is 4. The van der Waals surface area contributed by atoms with Gasteiger partial charge >= 0.3 is 0 Å². The van der Waals surface area contributed by atoms with Crippen LogP contribution in [0.15, 0.2) is 53.6 Å². The highest BCUT2D eigenvalue weighted by atomic mass is 16.1. The monoisotopic (exact) mass is 426 g/mol. The van der Waals surface area contributed by atoms with Gasteiger partial charge < -0.3 is 11.1 Å². The van der Waals surface area contributed by atoms with Crippen LogP contribution in [0.2, 0.25) is 0 Å². The number of fused-ring (bicyclic) bond motifs is 2. The van der Waals surface area contributed by atoms with Gasteiger partial charge in [-0.05, 0) is 37.5 Å². The molecule has 3 N–H and O–H groups in total. The molecule has 1 fully saturated rings. The maximum Gasteiger partial charge on any atom is 0.257 e. The van der Waals surface area contributed by atoms with Crippen molar-refractivity contribution in [1.29, 1.82) is 0 Å². The third-order valence-corrected chi connectivity index (χ3v) is 6.01. The number of anilines is 1. The number of rotatable bonds is 4. The predicted molar refractivity (Wildman–Crippen MR) is 128 cm³/mol. The number of aryl methyl sites for hydroxylation is 1.